The molecule has 4 nitrogen and oxygen atoms in total. The molecule has 0 saturated heterocycles. The van der Waals surface area contributed by atoms with E-state index in [1.54, 1.807) is 5.51 Å². The molecule has 0 bridgehead atoms. The van der Waals surface area contributed by atoms with Crippen LogP contribution in [-0.4, -0.2) is 29.1 Å². The summed E-state index contributed by atoms with van der Waals surface area (Å²) in [5.74, 6) is -0.183. The Morgan fingerprint density at radius 1 is 1.73 bits per heavy atom. The highest BCUT2D eigenvalue weighted by Gasteiger charge is 2.11. The average molecular weight is 226 g/mol. The van der Waals surface area contributed by atoms with Gasteiger partial charge in [0.1, 0.15) is 5.69 Å². The highest BCUT2D eigenvalue weighted by atomic mass is 32.1. The largest absolute Gasteiger partial charge is 0.396 e. The van der Waals surface area contributed by atoms with Crippen LogP contribution >= 0.6 is 11.3 Å². The van der Waals surface area contributed by atoms with Gasteiger partial charge in [0, 0.05) is 13.2 Å². The molecular weight excluding hydrogens is 212 g/mol. The normalized spacial score (nSPS) is 10.8. The van der Waals surface area contributed by atoms with E-state index in [9.17, 15) is 4.79 Å². The third-order valence-electron chi connectivity index (χ3n) is 1.75. The number of aliphatic hydroxyl groups excluding tert-OH is 1. The molecule has 0 radical (unpaired) electrons. The highest BCUT2D eigenvalue weighted by molar-refractivity contribution is 7.10. The lowest BCUT2D eigenvalue weighted by atomic mass is 10.3. The van der Waals surface area contributed by atoms with E-state index in [1.165, 1.54) is 11.3 Å². The molecule has 1 aromatic heterocycles. The molecule has 0 atom stereocenters. The maximum Gasteiger partial charge on any atom is 0.271 e. The maximum absolute atomic E-state index is 11.6. The molecule has 2 N–H and O–H groups in total. The number of hydrogen-bond acceptors (Lipinski definition) is 4. The first-order chi connectivity index (χ1) is 7.29. The van der Waals surface area contributed by atoms with Gasteiger partial charge in [-0.2, -0.15) is 0 Å². The van der Waals surface area contributed by atoms with Crippen LogP contribution < -0.4 is 5.32 Å². The smallest absolute Gasteiger partial charge is 0.271 e. The number of allylic oxidation sites excluding steroid dienone is 1. The lowest BCUT2D eigenvalue weighted by molar-refractivity contribution is 0.0946. The van der Waals surface area contributed by atoms with Crippen LogP contribution in [0.5, 0.6) is 0 Å². The zero-order valence-corrected chi connectivity index (χ0v) is 9.38. The minimum absolute atomic E-state index is 0.0824. The monoisotopic (exact) mass is 226 g/mol. The van der Waals surface area contributed by atoms with Gasteiger partial charge in [0.25, 0.3) is 5.91 Å². The number of nitrogens with zero attached hydrogens (tertiary/aromatic N) is 1. The molecule has 0 aliphatic heterocycles. The zero-order valence-electron chi connectivity index (χ0n) is 8.56. The fourth-order valence-corrected chi connectivity index (χ4v) is 1.80. The van der Waals surface area contributed by atoms with Crippen LogP contribution in [0.2, 0.25) is 0 Å². The van der Waals surface area contributed by atoms with Gasteiger partial charge in [-0.3, -0.25) is 4.79 Å². The first-order valence-electron chi connectivity index (χ1n) is 4.74. The molecule has 1 heterocycles. The third kappa shape index (κ3) is 3.45. The van der Waals surface area contributed by atoms with Gasteiger partial charge in [-0.1, -0.05) is 6.08 Å². The average Bonchev–Trinajstić information content (AvgIpc) is 2.67. The van der Waals surface area contributed by atoms with Crippen LogP contribution in [0.1, 0.15) is 28.7 Å². The first-order valence-corrected chi connectivity index (χ1v) is 5.62. The van der Waals surface area contributed by atoms with E-state index in [2.05, 4.69) is 10.3 Å². The number of hydrogen-bond donors (Lipinski definition) is 2. The van der Waals surface area contributed by atoms with Crippen LogP contribution in [0.3, 0.4) is 0 Å². The number of carbonyl (C=O) groups excluding carboxylic acids is 1. The molecule has 1 amide bonds. The Morgan fingerprint density at radius 3 is 3.20 bits per heavy atom. The van der Waals surface area contributed by atoms with E-state index < -0.39 is 0 Å². The summed E-state index contributed by atoms with van der Waals surface area (Å²) in [7, 11) is 0. The first kappa shape index (κ1) is 11.9. The van der Waals surface area contributed by atoms with Crippen LogP contribution in [0.4, 0.5) is 0 Å². The van der Waals surface area contributed by atoms with Crippen molar-refractivity contribution in [3.63, 3.8) is 0 Å². The maximum atomic E-state index is 11.6. The van der Waals surface area contributed by atoms with E-state index in [4.69, 9.17) is 5.11 Å². The number of thiazole rings is 1. The molecule has 1 rings (SSSR count). The van der Waals surface area contributed by atoms with E-state index >= 15 is 0 Å². The zero-order chi connectivity index (χ0) is 11.1. The van der Waals surface area contributed by atoms with Crippen LogP contribution in [0.25, 0.3) is 6.08 Å². The number of carbonyl (C=O) groups is 1. The van der Waals surface area contributed by atoms with Crippen molar-refractivity contribution in [2.75, 3.05) is 13.2 Å². The summed E-state index contributed by atoms with van der Waals surface area (Å²) in [6.45, 7) is 2.45. The molecule has 0 fully saturated rings. The van der Waals surface area contributed by atoms with Crippen molar-refractivity contribution in [2.24, 2.45) is 0 Å². The summed E-state index contributed by atoms with van der Waals surface area (Å²) in [6.07, 6.45) is 4.30. The second-order valence-electron chi connectivity index (χ2n) is 2.90. The van der Waals surface area contributed by atoms with Crippen LogP contribution in [0, 0.1) is 0 Å². The summed E-state index contributed by atoms with van der Waals surface area (Å²) in [6, 6.07) is 0. The van der Waals surface area contributed by atoms with E-state index in [1.807, 2.05) is 19.1 Å². The Labute approximate surface area is 92.7 Å². The molecule has 82 valence electrons. The van der Waals surface area contributed by atoms with Crippen molar-refractivity contribution < 1.29 is 9.90 Å². The number of amides is 1. The fourth-order valence-electron chi connectivity index (χ4n) is 1.06. The molecule has 0 aromatic carbocycles. The Hall–Kier alpha value is -1.20. The van der Waals surface area contributed by atoms with Crippen LogP contribution in [0.15, 0.2) is 11.6 Å². The van der Waals surface area contributed by atoms with Crippen LogP contribution in [-0.2, 0) is 0 Å². The van der Waals surface area contributed by atoms with Gasteiger partial charge in [-0.15, -0.1) is 11.3 Å². The number of rotatable bonds is 5. The molecular formula is C10H14N2O2S. The van der Waals surface area contributed by atoms with Gasteiger partial charge in [0.05, 0.1) is 10.4 Å². The molecule has 0 aliphatic rings. The van der Waals surface area contributed by atoms with E-state index in [0.29, 0.717) is 18.7 Å². The molecule has 0 unspecified atom stereocenters. The second-order valence-corrected chi connectivity index (χ2v) is 3.78. The minimum atomic E-state index is -0.183. The second kappa shape index (κ2) is 6.31. The van der Waals surface area contributed by atoms with Crippen molar-refractivity contribution in [1.29, 1.82) is 0 Å². The Balaban J connectivity index is 2.61. The third-order valence-corrected chi connectivity index (χ3v) is 2.54. The number of nitrogens with one attached hydrogen (secondary N) is 1. The number of aromatic nitrogens is 1. The highest BCUT2D eigenvalue weighted by Crippen LogP contribution is 2.14. The fraction of sp³-hybridized carbons (Fsp3) is 0.400. The van der Waals surface area contributed by atoms with Gasteiger partial charge in [-0.25, -0.2) is 4.98 Å². The van der Waals surface area contributed by atoms with Gasteiger partial charge in [-0.05, 0) is 19.4 Å². The quantitative estimate of drug-likeness (QED) is 0.744. The van der Waals surface area contributed by atoms with Gasteiger partial charge >= 0.3 is 0 Å². The Kier molecular flexibility index (Phi) is 5.00. The van der Waals surface area contributed by atoms with Crippen molar-refractivity contribution in [1.82, 2.24) is 10.3 Å². The van der Waals surface area contributed by atoms with Crippen molar-refractivity contribution in [3.05, 3.63) is 22.2 Å². The lowest BCUT2D eigenvalue weighted by Crippen LogP contribution is -2.25. The van der Waals surface area contributed by atoms with Gasteiger partial charge in [0.15, 0.2) is 0 Å². The molecule has 0 aliphatic carbocycles. The molecule has 5 heteroatoms. The summed E-state index contributed by atoms with van der Waals surface area (Å²) < 4.78 is 0. The van der Waals surface area contributed by atoms with Gasteiger partial charge < -0.3 is 10.4 Å². The SMILES string of the molecule is C/C=C\c1scnc1C(=O)NCCCO. The molecule has 0 saturated carbocycles. The predicted octanol–water partition coefficient (Wildman–Crippen LogP) is 1.29. The predicted molar refractivity (Wildman–Crippen MR) is 60.9 cm³/mol. The summed E-state index contributed by atoms with van der Waals surface area (Å²) in [5, 5.41) is 11.3. The van der Waals surface area contributed by atoms with E-state index in [0.717, 1.165) is 4.88 Å². The van der Waals surface area contributed by atoms with E-state index in [-0.39, 0.29) is 12.5 Å². The van der Waals surface area contributed by atoms with Crippen molar-refractivity contribution in [2.45, 2.75) is 13.3 Å². The summed E-state index contributed by atoms with van der Waals surface area (Å²) >= 11 is 1.43. The standard InChI is InChI=1S/C10H14N2O2S/c1-2-4-8-9(12-7-15-8)10(14)11-5-3-6-13/h2,4,7,13H,3,5-6H2,1H3,(H,11,14)/b4-2-. The lowest BCUT2D eigenvalue weighted by Gasteiger charge is -2.01. The van der Waals surface area contributed by atoms with Crippen molar-refractivity contribution >= 4 is 23.3 Å². The summed E-state index contributed by atoms with van der Waals surface area (Å²) in [4.78, 5) is 16.5. The number of aliphatic hydroxyl groups is 1. The molecule has 15 heavy (non-hydrogen) atoms. The van der Waals surface area contributed by atoms with Crippen molar-refractivity contribution in [3.8, 4) is 0 Å². The summed E-state index contributed by atoms with van der Waals surface area (Å²) in [5.41, 5.74) is 2.10. The molecule has 1 aromatic rings. The van der Waals surface area contributed by atoms with Gasteiger partial charge in [0.2, 0.25) is 0 Å². The topological polar surface area (TPSA) is 62.2 Å². The molecule has 0 spiro atoms. The Bertz CT molecular complexity index is 347. The minimum Gasteiger partial charge on any atom is -0.396 e. The Morgan fingerprint density at radius 2 is 2.53 bits per heavy atom.